The SMILES string of the molecule is COC(=O)c1ccc(-n2c(C)cc(C3C(c4ccccn4)NC(=S)N3c3ccc(NC(=O)COc4ccccc4)cc3)c2C)cc1. The minimum Gasteiger partial charge on any atom is -0.484 e. The molecule has 9 nitrogen and oxygen atoms in total. The highest BCUT2D eigenvalue weighted by atomic mass is 32.1. The van der Waals surface area contributed by atoms with E-state index in [1.54, 1.807) is 18.3 Å². The second-order valence-corrected chi connectivity index (χ2v) is 11.3. The molecule has 0 radical (unpaired) electrons. The number of methoxy groups -OCH3 is 1. The summed E-state index contributed by atoms with van der Waals surface area (Å²) in [5.74, 6) is 0.00269. The Kier molecular flexibility index (Phi) is 8.80. The van der Waals surface area contributed by atoms with Crippen molar-refractivity contribution < 1.29 is 19.1 Å². The Morgan fingerprint density at radius 2 is 1.61 bits per heavy atom. The van der Waals surface area contributed by atoms with Crippen molar-refractivity contribution in [1.29, 1.82) is 0 Å². The van der Waals surface area contributed by atoms with Gasteiger partial charge in [0.05, 0.1) is 30.5 Å². The molecule has 5 aromatic rings. The van der Waals surface area contributed by atoms with Crippen LogP contribution in [0.4, 0.5) is 11.4 Å². The summed E-state index contributed by atoms with van der Waals surface area (Å²) in [4.78, 5) is 31.4. The molecule has 46 heavy (non-hydrogen) atoms. The van der Waals surface area contributed by atoms with Crippen LogP contribution in [0.3, 0.4) is 0 Å². The lowest BCUT2D eigenvalue weighted by Gasteiger charge is -2.28. The molecule has 10 heteroatoms. The summed E-state index contributed by atoms with van der Waals surface area (Å²) in [5.41, 5.74) is 6.95. The summed E-state index contributed by atoms with van der Waals surface area (Å²) in [6.45, 7) is 4.05. The van der Waals surface area contributed by atoms with Crippen LogP contribution < -0.4 is 20.3 Å². The van der Waals surface area contributed by atoms with E-state index in [0.29, 0.717) is 22.1 Å². The van der Waals surface area contributed by atoms with Crippen LogP contribution in [0.2, 0.25) is 0 Å². The third-order valence-electron chi connectivity index (χ3n) is 7.98. The number of anilines is 2. The molecular formula is C36H33N5O4S. The topological polar surface area (TPSA) is 97.7 Å². The van der Waals surface area contributed by atoms with Gasteiger partial charge in [-0.15, -0.1) is 0 Å². The number of aryl methyl sites for hydroxylation is 1. The number of hydrogen-bond donors (Lipinski definition) is 2. The lowest BCUT2D eigenvalue weighted by molar-refractivity contribution is -0.118. The van der Waals surface area contributed by atoms with Gasteiger partial charge in [-0.2, -0.15) is 0 Å². The summed E-state index contributed by atoms with van der Waals surface area (Å²) in [5, 5.41) is 6.98. The zero-order chi connectivity index (χ0) is 32.2. The van der Waals surface area contributed by atoms with Crippen molar-refractivity contribution in [1.82, 2.24) is 14.9 Å². The maximum Gasteiger partial charge on any atom is 0.337 e. The lowest BCUT2D eigenvalue weighted by Crippen LogP contribution is -2.29. The summed E-state index contributed by atoms with van der Waals surface area (Å²) in [6, 6.07) is 31.8. The summed E-state index contributed by atoms with van der Waals surface area (Å²) >= 11 is 5.94. The Morgan fingerprint density at radius 1 is 0.913 bits per heavy atom. The molecule has 3 aromatic carbocycles. The molecule has 1 saturated heterocycles. The molecule has 0 spiro atoms. The Balaban J connectivity index is 1.30. The lowest BCUT2D eigenvalue weighted by atomic mass is 9.96. The number of aromatic nitrogens is 2. The number of nitrogens with one attached hydrogen (secondary N) is 2. The van der Waals surface area contributed by atoms with Crippen molar-refractivity contribution in [2.24, 2.45) is 0 Å². The fraction of sp³-hybridized carbons (Fsp3) is 0.167. The average Bonchev–Trinajstić information content (AvgIpc) is 3.59. The van der Waals surface area contributed by atoms with E-state index < -0.39 is 0 Å². The third kappa shape index (κ3) is 6.20. The highest BCUT2D eigenvalue weighted by molar-refractivity contribution is 7.80. The van der Waals surface area contributed by atoms with Crippen molar-refractivity contribution in [3.63, 3.8) is 0 Å². The van der Waals surface area contributed by atoms with Gasteiger partial charge in [0.1, 0.15) is 5.75 Å². The second-order valence-electron chi connectivity index (χ2n) is 10.9. The number of thiocarbonyl (C=S) groups is 1. The van der Waals surface area contributed by atoms with Crippen LogP contribution in [0.1, 0.15) is 45.1 Å². The molecule has 6 rings (SSSR count). The van der Waals surface area contributed by atoms with E-state index in [-0.39, 0.29) is 30.6 Å². The van der Waals surface area contributed by atoms with E-state index in [9.17, 15) is 9.59 Å². The molecule has 2 aromatic heterocycles. The summed E-state index contributed by atoms with van der Waals surface area (Å²) in [6.07, 6.45) is 1.78. The Bertz CT molecular complexity index is 1860. The van der Waals surface area contributed by atoms with Gasteiger partial charge in [-0.05, 0) is 110 Å². The number of benzene rings is 3. The zero-order valence-corrected chi connectivity index (χ0v) is 26.5. The first-order valence-electron chi connectivity index (χ1n) is 14.8. The van der Waals surface area contributed by atoms with Gasteiger partial charge in [0.25, 0.3) is 5.91 Å². The number of para-hydroxylation sites is 1. The Hall–Kier alpha value is -5.48. The number of hydrogen-bond acceptors (Lipinski definition) is 6. The van der Waals surface area contributed by atoms with E-state index in [2.05, 4.69) is 45.0 Å². The number of amides is 1. The van der Waals surface area contributed by atoms with Gasteiger partial charge in [0.2, 0.25) is 0 Å². The van der Waals surface area contributed by atoms with E-state index in [1.807, 2.05) is 84.9 Å². The summed E-state index contributed by atoms with van der Waals surface area (Å²) in [7, 11) is 1.37. The minimum atomic E-state index is -0.376. The number of carbonyl (C=O) groups is 2. The molecule has 1 amide bonds. The average molecular weight is 632 g/mol. The van der Waals surface area contributed by atoms with Crippen LogP contribution in [0.15, 0.2) is 109 Å². The van der Waals surface area contributed by atoms with Crippen molar-refractivity contribution in [2.75, 3.05) is 23.9 Å². The van der Waals surface area contributed by atoms with E-state index in [1.165, 1.54) is 7.11 Å². The number of pyridine rings is 1. The second kappa shape index (κ2) is 13.3. The first-order chi connectivity index (χ1) is 22.3. The maximum absolute atomic E-state index is 12.6. The molecule has 2 atom stereocenters. The van der Waals surface area contributed by atoms with Gasteiger partial charge in [-0.3, -0.25) is 9.78 Å². The van der Waals surface area contributed by atoms with Crippen LogP contribution in [0.25, 0.3) is 5.69 Å². The molecule has 1 fully saturated rings. The van der Waals surface area contributed by atoms with Crippen LogP contribution >= 0.6 is 12.2 Å². The third-order valence-corrected chi connectivity index (χ3v) is 8.29. The highest BCUT2D eigenvalue weighted by Gasteiger charge is 2.42. The smallest absolute Gasteiger partial charge is 0.337 e. The van der Waals surface area contributed by atoms with Crippen LogP contribution in [0, 0.1) is 13.8 Å². The van der Waals surface area contributed by atoms with Gasteiger partial charge in [0, 0.05) is 34.6 Å². The van der Waals surface area contributed by atoms with Gasteiger partial charge < -0.3 is 29.6 Å². The van der Waals surface area contributed by atoms with Crippen molar-refractivity contribution in [2.45, 2.75) is 25.9 Å². The predicted octanol–water partition coefficient (Wildman–Crippen LogP) is 6.47. The first kappa shape index (κ1) is 30.5. The van der Waals surface area contributed by atoms with Crippen LogP contribution in [-0.4, -0.2) is 40.3 Å². The van der Waals surface area contributed by atoms with Crippen molar-refractivity contribution >= 4 is 40.6 Å². The monoisotopic (exact) mass is 631 g/mol. The number of carbonyl (C=O) groups excluding carboxylic acids is 2. The normalized spacial score (nSPS) is 15.7. The van der Waals surface area contributed by atoms with Gasteiger partial charge in [0.15, 0.2) is 11.7 Å². The number of rotatable bonds is 9. The largest absolute Gasteiger partial charge is 0.484 e. The molecule has 232 valence electrons. The molecule has 0 bridgehead atoms. The Labute approximate surface area is 272 Å². The molecule has 0 aliphatic carbocycles. The minimum absolute atomic E-state index is 0.0965. The molecule has 1 aliphatic heterocycles. The summed E-state index contributed by atoms with van der Waals surface area (Å²) < 4.78 is 12.6. The van der Waals surface area contributed by atoms with Crippen LogP contribution in [0.5, 0.6) is 5.75 Å². The molecular weight excluding hydrogens is 598 g/mol. The molecule has 1 aliphatic rings. The molecule has 0 saturated carbocycles. The number of nitrogens with zero attached hydrogens (tertiary/aromatic N) is 3. The van der Waals surface area contributed by atoms with Crippen LogP contribution in [-0.2, 0) is 9.53 Å². The molecule has 2 N–H and O–H groups in total. The fourth-order valence-electron chi connectivity index (χ4n) is 5.87. The van der Waals surface area contributed by atoms with Gasteiger partial charge in [-0.25, -0.2) is 4.79 Å². The van der Waals surface area contributed by atoms with Crippen molar-refractivity contribution in [3.8, 4) is 11.4 Å². The quantitative estimate of drug-likeness (QED) is 0.141. The number of esters is 1. The first-order valence-corrected chi connectivity index (χ1v) is 15.2. The highest BCUT2D eigenvalue weighted by Crippen LogP contribution is 2.44. The Morgan fingerprint density at radius 3 is 2.28 bits per heavy atom. The van der Waals surface area contributed by atoms with Gasteiger partial charge >= 0.3 is 5.97 Å². The van der Waals surface area contributed by atoms with E-state index in [4.69, 9.17) is 21.7 Å². The standard InChI is InChI=1S/C36H33N5O4S/c1-23-21-30(24(2)40(23)27-16-12-25(13-17-27)35(43)44-3)34-33(31-11-7-8-20-37-31)39-36(46)41(34)28-18-14-26(15-19-28)38-32(42)22-45-29-9-5-4-6-10-29/h4-21,33-34H,22H2,1-3H3,(H,38,42)(H,39,46). The molecule has 2 unspecified atom stereocenters. The van der Waals surface area contributed by atoms with E-state index in [0.717, 1.165) is 34.0 Å². The van der Waals surface area contributed by atoms with E-state index >= 15 is 0 Å². The number of ether oxygens (including phenoxy) is 2. The van der Waals surface area contributed by atoms with Crippen molar-refractivity contribution in [3.05, 3.63) is 138 Å². The molecule has 3 heterocycles. The fourth-order valence-corrected chi connectivity index (χ4v) is 6.21. The zero-order valence-electron chi connectivity index (χ0n) is 25.6. The predicted molar refractivity (Wildman–Crippen MR) is 182 cm³/mol. The van der Waals surface area contributed by atoms with Gasteiger partial charge in [-0.1, -0.05) is 24.3 Å². The maximum atomic E-state index is 12.6.